The van der Waals surface area contributed by atoms with Crippen molar-refractivity contribution in [2.75, 3.05) is 19.3 Å². The Morgan fingerprint density at radius 1 is 1.41 bits per heavy atom. The van der Waals surface area contributed by atoms with Gasteiger partial charge in [0.1, 0.15) is 18.1 Å². The zero-order valence-corrected chi connectivity index (χ0v) is 16.6. The maximum atomic E-state index is 12.0. The lowest BCUT2D eigenvalue weighted by Gasteiger charge is -2.38. The molecule has 3 rings (SSSR count). The minimum Gasteiger partial charge on any atom is -0.475 e. The van der Waals surface area contributed by atoms with E-state index in [2.05, 4.69) is 16.6 Å². The molecule has 0 aliphatic carbocycles. The number of nitrogens with one attached hydrogen (secondary N) is 2. The van der Waals surface area contributed by atoms with Gasteiger partial charge in [-0.25, -0.2) is 8.42 Å². The van der Waals surface area contributed by atoms with Crippen LogP contribution in [0, 0.1) is 0 Å². The van der Waals surface area contributed by atoms with Gasteiger partial charge in [0.2, 0.25) is 10.0 Å². The first kappa shape index (κ1) is 19.7. The van der Waals surface area contributed by atoms with Crippen molar-refractivity contribution in [1.29, 1.82) is 0 Å². The van der Waals surface area contributed by atoms with Gasteiger partial charge < -0.3 is 9.64 Å². The van der Waals surface area contributed by atoms with Crippen LogP contribution in [0.5, 0.6) is 5.75 Å². The molecule has 2 aliphatic heterocycles. The molecule has 2 N–H and O–H groups in total. The van der Waals surface area contributed by atoms with E-state index in [9.17, 15) is 8.42 Å². The summed E-state index contributed by atoms with van der Waals surface area (Å²) in [4.78, 5) is 2.01. The van der Waals surface area contributed by atoms with Crippen molar-refractivity contribution < 1.29 is 13.2 Å². The fraction of sp³-hybridized carbons (Fsp3) is 0.400. The SMILES string of the molecule is C=C(C)CCC(NC)Oc1ccc(C2=CC=CN3CCS(=O)(=O)NC23)cc1. The maximum absolute atomic E-state index is 12.0. The fourth-order valence-corrected chi connectivity index (χ4v) is 4.36. The molecule has 0 spiro atoms. The summed E-state index contributed by atoms with van der Waals surface area (Å²) in [6.45, 7) is 6.43. The number of hydrogen-bond donors (Lipinski definition) is 2. The summed E-state index contributed by atoms with van der Waals surface area (Å²) in [5, 5.41) is 3.16. The molecular weight excluding hydrogens is 362 g/mol. The van der Waals surface area contributed by atoms with E-state index >= 15 is 0 Å². The van der Waals surface area contributed by atoms with Crippen molar-refractivity contribution in [3.05, 3.63) is 60.3 Å². The second-order valence-electron chi connectivity index (χ2n) is 6.96. The molecule has 2 atom stereocenters. The first-order valence-electron chi connectivity index (χ1n) is 9.11. The van der Waals surface area contributed by atoms with Gasteiger partial charge in [-0.3, -0.25) is 5.32 Å². The third-order valence-electron chi connectivity index (χ3n) is 4.71. The number of hydrogen-bond acceptors (Lipinski definition) is 5. The molecule has 27 heavy (non-hydrogen) atoms. The van der Waals surface area contributed by atoms with E-state index in [4.69, 9.17) is 4.74 Å². The predicted octanol–water partition coefficient (Wildman–Crippen LogP) is 2.44. The smallest absolute Gasteiger partial charge is 0.215 e. The predicted molar refractivity (Wildman–Crippen MR) is 108 cm³/mol. The molecule has 2 unspecified atom stereocenters. The molecule has 0 bridgehead atoms. The van der Waals surface area contributed by atoms with E-state index < -0.39 is 10.0 Å². The van der Waals surface area contributed by atoms with Crippen LogP contribution in [0.3, 0.4) is 0 Å². The van der Waals surface area contributed by atoms with Crippen molar-refractivity contribution in [2.45, 2.75) is 32.2 Å². The summed E-state index contributed by atoms with van der Waals surface area (Å²) in [5.41, 5.74) is 3.03. The molecule has 6 nitrogen and oxygen atoms in total. The van der Waals surface area contributed by atoms with E-state index in [1.54, 1.807) is 0 Å². The minimum atomic E-state index is -3.24. The number of allylic oxidation sites excluding steroid dienone is 3. The standard InChI is InChI=1S/C20H27N3O3S/c1-15(2)6-11-19(21-3)26-17-9-7-16(8-10-17)18-5-4-12-23-13-14-27(24,25)22-20(18)23/h4-5,7-10,12,19-22H,1,6,11,13-14H2,2-3H3. The Hall–Kier alpha value is -2.09. The highest BCUT2D eigenvalue weighted by Gasteiger charge is 2.32. The van der Waals surface area contributed by atoms with Gasteiger partial charge in [-0.05, 0) is 49.7 Å². The second-order valence-corrected chi connectivity index (χ2v) is 8.83. The van der Waals surface area contributed by atoms with E-state index in [0.717, 1.165) is 35.3 Å². The molecule has 2 heterocycles. The Kier molecular flexibility index (Phi) is 6.04. The monoisotopic (exact) mass is 389 g/mol. The van der Waals surface area contributed by atoms with Gasteiger partial charge in [0, 0.05) is 19.2 Å². The molecule has 1 saturated heterocycles. The lowest BCUT2D eigenvalue weighted by molar-refractivity contribution is 0.164. The Balaban J connectivity index is 1.72. The quantitative estimate of drug-likeness (QED) is 0.554. The van der Waals surface area contributed by atoms with Crippen LogP contribution < -0.4 is 14.8 Å². The first-order valence-corrected chi connectivity index (χ1v) is 10.8. The first-order chi connectivity index (χ1) is 12.9. The van der Waals surface area contributed by atoms with Crippen molar-refractivity contribution in [3.8, 4) is 5.75 Å². The van der Waals surface area contributed by atoms with Crippen LogP contribution in [0.2, 0.25) is 0 Å². The molecule has 0 radical (unpaired) electrons. The van der Waals surface area contributed by atoms with Crippen LogP contribution in [0.15, 0.2) is 54.8 Å². The normalized spacial score (nSPS) is 21.9. The van der Waals surface area contributed by atoms with Gasteiger partial charge in [-0.2, -0.15) is 4.72 Å². The third kappa shape index (κ3) is 5.00. The molecular formula is C20H27N3O3S. The fourth-order valence-electron chi connectivity index (χ4n) is 3.19. The van der Waals surface area contributed by atoms with Gasteiger partial charge in [0.05, 0.1) is 5.75 Å². The van der Waals surface area contributed by atoms with Crippen molar-refractivity contribution in [2.24, 2.45) is 0 Å². The molecule has 2 aliphatic rings. The van der Waals surface area contributed by atoms with Crippen LogP contribution in [0.25, 0.3) is 5.57 Å². The molecule has 1 fully saturated rings. The van der Waals surface area contributed by atoms with Crippen LogP contribution in [-0.2, 0) is 10.0 Å². The van der Waals surface area contributed by atoms with Crippen molar-refractivity contribution >= 4 is 15.6 Å². The Bertz CT molecular complexity index is 844. The van der Waals surface area contributed by atoms with Crippen LogP contribution in [0.4, 0.5) is 0 Å². The molecule has 146 valence electrons. The highest BCUT2D eigenvalue weighted by atomic mass is 32.2. The average Bonchev–Trinajstić information content (AvgIpc) is 2.64. The number of ether oxygens (including phenoxy) is 1. The van der Waals surface area contributed by atoms with Gasteiger partial charge in [-0.1, -0.05) is 23.8 Å². The third-order valence-corrected chi connectivity index (χ3v) is 6.01. The Morgan fingerprint density at radius 2 is 2.15 bits per heavy atom. The summed E-state index contributed by atoms with van der Waals surface area (Å²) in [7, 11) is -1.37. The van der Waals surface area contributed by atoms with E-state index in [1.807, 2.05) is 61.5 Å². The topological polar surface area (TPSA) is 70.7 Å². The van der Waals surface area contributed by atoms with Crippen molar-refractivity contribution in [3.63, 3.8) is 0 Å². The number of rotatable bonds is 7. The largest absolute Gasteiger partial charge is 0.475 e. The zero-order valence-electron chi connectivity index (χ0n) is 15.8. The van der Waals surface area contributed by atoms with Crippen LogP contribution >= 0.6 is 0 Å². The van der Waals surface area contributed by atoms with Crippen LogP contribution in [-0.4, -0.2) is 45.1 Å². The molecule has 1 aromatic carbocycles. The highest BCUT2D eigenvalue weighted by Crippen LogP contribution is 2.28. The Labute approximate surface area is 161 Å². The minimum absolute atomic E-state index is 0.0787. The van der Waals surface area contributed by atoms with Gasteiger partial charge in [0.15, 0.2) is 0 Å². The summed E-state index contributed by atoms with van der Waals surface area (Å²) >= 11 is 0. The number of sulfonamides is 1. The van der Waals surface area contributed by atoms with Crippen molar-refractivity contribution in [1.82, 2.24) is 14.9 Å². The summed E-state index contributed by atoms with van der Waals surface area (Å²) in [6.07, 6.45) is 7.14. The molecule has 1 aromatic rings. The average molecular weight is 390 g/mol. The molecule has 0 amide bonds. The van der Waals surface area contributed by atoms with Crippen LogP contribution in [0.1, 0.15) is 25.3 Å². The number of benzene rings is 1. The van der Waals surface area contributed by atoms with Gasteiger partial charge >= 0.3 is 0 Å². The van der Waals surface area contributed by atoms with Gasteiger partial charge in [0.25, 0.3) is 0 Å². The number of nitrogens with zero attached hydrogens (tertiary/aromatic N) is 1. The van der Waals surface area contributed by atoms with E-state index in [1.165, 1.54) is 0 Å². The highest BCUT2D eigenvalue weighted by molar-refractivity contribution is 7.89. The summed E-state index contributed by atoms with van der Waals surface area (Å²) < 4.78 is 32.7. The lowest BCUT2D eigenvalue weighted by atomic mass is 10.00. The maximum Gasteiger partial charge on any atom is 0.215 e. The Morgan fingerprint density at radius 3 is 2.81 bits per heavy atom. The molecule has 0 saturated carbocycles. The molecule has 7 heteroatoms. The van der Waals surface area contributed by atoms with Gasteiger partial charge in [-0.15, -0.1) is 6.58 Å². The lowest BCUT2D eigenvalue weighted by Crippen LogP contribution is -2.54. The summed E-state index contributed by atoms with van der Waals surface area (Å²) in [6, 6.07) is 7.77. The van der Waals surface area contributed by atoms with E-state index in [-0.39, 0.29) is 18.1 Å². The zero-order chi connectivity index (χ0) is 19.4. The molecule has 0 aromatic heterocycles. The summed E-state index contributed by atoms with van der Waals surface area (Å²) in [5.74, 6) is 0.886. The number of fused-ring (bicyclic) bond motifs is 1. The second kappa shape index (κ2) is 8.29. The van der Waals surface area contributed by atoms with E-state index in [0.29, 0.717) is 6.54 Å².